The number of carboxylic acid groups (broad SMARTS) is 1. The van der Waals surface area contributed by atoms with Crippen molar-refractivity contribution in [1.29, 1.82) is 0 Å². The van der Waals surface area contributed by atoms with Crippen molar-refractivity contribution >= 4 is 23.3 Å². The number of amides is 2. The molecule has 0 aromatic carbocycles. The maximum atomic E-state index is 12.1. The van der Waals surface area contributed by atoms with E-state index in [0.29, 0.717) is 19.5 Å². The van der Waals surface area contributed by atoms with Crippen LogP contribution in [0.2, 0.25) is 0 Å². The van der Waals surface area contributed by atoms with E-state index in [0.717, 1.165) is 25.7 Å². The molecule has 1 aliphatic heterocycles. The van der Waals surface area contributed by atoms with Crippen molar-refractivity contribution in [2.45, 2.75) is 38.1 Å². The van der Waals surface area contributed by atoms with Gasteiger partial charge < -0.3 is 15.3 Å². The molecule has 110 valence electrons. The van der Waals surface area contributed by atoms with E-state index in [-0.39, 0.29) is 6.03 Å². The van der Waals surface area contributed by atoms with Gasteiger partial charge in [-0.25, -0.2) is 9.59 Å². The lowest BCUT2D eigenvalue weighted by Gasteiger charge is -2.27. The highest BCUT2D eigenvalue weighted by Gasteiger charge is 2.30. The Labute approximate surface area is 122 Å². The summed E-state index contributed by atoms with van der Waals surface area (Å²) in [5.74, 6) is -0.903. The lowest BCUT2D eigenvalue weighted by molar-refractivity contribution is -0.142. The number of likely N-dealkylation sites (tertiary alicyclic amines) is 1. The predicted molar refractivity (Wildman–Crippen MR) is 78.0 cm³/mol. The van der Waals surface area contributed by atoms with Gasteiger partial charge in [-0.05, 0) is 41.7 Å². The fraction of sp³-hybridized carbons (Fsp3) is 0.571. The Morgan fingerprint density at radius 2 is 2.25 bits per heavy atom. The third kappa shape index (κ3) is 3.96. The molecule has 1 aliphatic rings. The third-order valence-corrected chi connectivity index (χ3v) is 4.30. The number of thiophene rings is 1. The summed E-state index contributed by atoms with van der Waals surface area (Å²) < 4.78 is 0. The van der Waals surface area contributed by atoms with Gasteiger partial charge in [0.1, 0.15) is 6.04 Å². The molecule has 2 N–H and O–H groups in total. The molecule has 0 spiro atoms. The monoisotopic (exact) mass is 296 g/mol. The second-order valence-electron chi connectivity index (χ2n) is 5.01. The standard InChI is InChI=1S/C14H20N2O3S/c17-13(18)12-4-2-1-3-8-16(12)14(19)15-7-5-11-6-9-20-10-11/h6,9-10,12H,1-5,7-8H2,(H,15,19)(H,17,18). The number of carboxylic acids is 1. The zero-order chi connectivity index (χ0) is 14.4. The van der Waals surface area contributed by atoms with Gasteiger partial charge in [0.15, 0.2) is 0 Å². The second kappa shape index (κ2) is 7.28. The number of nitrogens with one attached hydrogen (secondary N) is 1. The summed E-state index contributed by atoms with van der Waals surface area (Å²) in [6.07, 6.45) is 4.06. The lowest BCUT2D eigenvalue weighted by atomic mass is 10.1. The lowest BCUT2D eigenvalue weighted by Crippen LogP contribution is -2.49. The summed E-state index contributed by atoms with van der Waals surface area (Å²) >= 11 is 1.63. The molecule has 20 heavy (non-hydrogen) atoms. The molecule has 1 unspecified atom stereocenters. The Balaban J connectivity index is 1.86. The molecule has 0 saturated carbocycles. The molecule has 0 aliphatic carbocycles. The quantitative estimate of drug-likeness (QED) is 0.896. The molecule has 2 heterocycles. The molecule has 1 aromatic heterocycles. The molecular formula is C14H20N2O3S. The Kier molecular flexibility index (Phi) is 5.40. The van der Waals surface area contributed by atoms with E-state index in [1.165, 1.54) is 10.5 Å². The van der Waals surface area contributed by atoms with Gasteiger partial charge in [-0.15, -0.1) is 0 Å². The van der Waals surface area contributed by atoms with Gasteiger partial charge >= 0.3 is 12.0 Å². The van der Waals surface area contributed by atoms with Crippen LogP contribution >= 0.6 is 11.3 Å². The largest absolute Gasteiger partial charge is 0.480 e. The molecule has 6 heteroatoms. The summed E-state index contributed by atoms with van der Waals surface area (Å²) in [6.45, 7) is 1.07. The highest BCUT2D eigenvalue weighted by atomic mass is 32.1. The third-order valence-electron chi connectivity index (χ3n) is 3.57. The zero-order valence-corrected chi connectivity index (χ0v) is 12.2. The minimum atomic E-state index is -0.903. The molecule has 2 rings (SSSR count). The number of hydrogen-bond donors (Lipinski definition) is 2. The van der Waals surface area contributed by atoms with Crippen LogP contribution in [-0.2, 0) is 11.2 Å². The molecule has 0 radical (unpaired) electrons. The van der Waals surface area contributed by atoms with Crippen molar-refractivity contribution in [3.63, 3.8) is 0 Å². The number of aliphatic carboxylic acids is 1. The first-order chi connectivity index (χ1) is 9.68. The molecule has 1 saturated heterocycles. The Bertz CT molecular complexity index is 447. The molecule has 5 nitrogen and oxygen atoms in total. The minimum Gasteiger partial charge on any atom is -0.480 e. The topological polar surface area (TPSA) is 69.6 Å². The second-order valence-corrected chi connectivity index (χ2v) is 5.79. The number of rotatable bonds is 4. The van der Waals surface area contributed by atoms with Gasteiger partial charge in [0.2, 0.25) is 0 Å². The summed E-state index contributed by atoms with van der Waals surface area (Å²) in [7, 11) is 0. The van der Waals surface area contributed by atoms with Gasteiger partial charge in [-0.1, -0.05) is 12.8 Å². The SMILES string of the molecule is O=C(O)C1CCCCCN1C(=O)NCCc1ccsc1. The van der Waals surface area contributed by atoms with Gasteiger partial charge in [-0.2, -0.15) is 11.3 Å². The first-order valence-electron chi connectivity index (χ1n) is 6.97. The highest BCUT2D eigenvalue weighted by molar-refractivity contribution is 7.07. The van der Waals surface area contributed by atoms with Crippen molar-refractivity contribution < 1.29 is 14.7 Å². The van der Waals surface area contributed by atoms with Crippen molar-refractivity contribution in [2.24, 2.45) is 0 Å². The molecule has 1 atom stereocenters. The molecule has 0 bridgehead atoms. The van der Waals surface area contributed by atoms with Crippen LogP contribution in [0.25, 0.3) is 0 Å². The molecule has 1 fully saturated rings. The maximum absolute atomic E-state index is 12.1. The van der Waals surface area contributed by atoms with E-state index in [4.69, 9.17) is 0 Å². The van der Waals surface area contributed by atoms with Crippen LogP contribution in [0.1, 0.15) is 31.2 Å². The first kappa shape index (κ1) is 14.8. The average Bonchev–Trinajstić information content (AvgIpc) is 2.80. The van der Waals surface area contributed by atoms with Crippen LogP contribution in [0, 0.1) is 0 Å². The Hall–Kier alpha value is -1.56. The van der Waals surface area contributed by atoms with Gasteiger partial charge in [-0.3, -0.25) is 0 Å². The van der Waals surface area contributed by atoms with Crippen molar-refractivity contribution in [2.75, 3.05) is 13.1 Å². The fourth-order valence-electron chi connectivity index (χ4n) is 2.46. The van der Waals surface area contributed by atoms with Gasteiger partial charge in [0, 0.05) is 13.1 Å². The van der Waals surface area contributed by atoms with E-state index < -0.39 is 12.0 Å². The van der Waals surface area contributed by atoms with Crippen LogP contribution in [0.3, 0.4) is 0 Å². The number of nitrogens with zero attached hydrogens (tertiary/aromatic N) is 1. The number of urea groups is 1. The van der Waals surface area contributed by atoms with Crippen LogP contribution < -0.4 is 5.32 Å². The van der Waals surface area contributed by atoms with E-state index in [9.17, 15) is 14.7 Å². The maximum Gasteiger partial charge on any atom is 0.326 e. The predicted octanol–water partition coefficient (Wildman–Crippen LogP) is 2.33. The summed E-state index contributed by atoms with van der Waals surface area (Å²) in [5.41, 5.74) is 1.20. The summed E-state index contributed by atoms with van der Waals surface area (Å²) in [4.78, 5) is 24.9. The smallest absolute Gasteiger partial charge is 0.326 e. The molecule has 1 aromatic rings. The van der Waals surface area contributed by atoms with Crippen LogP contribution in [0.5, 0.6) is 0 Å². The number of carbonyl (C=O) groups is 2. The molecular weight excluding hydrogens is 276 g/mol. The van der Waals surface area contributed by atoms with Crippen molar-refractivity contribution in [3.05, 3.63) is 22.4 Å². The Morgan fingerprint density at radius 1 is 1.40 bits per heavy atom. The summed E-state index contributed by atoms with van der Waals surface area (Å²) in [6, 6.07) is 1.09. The van der Waals surface area contributed by atoms with Crippen LogP contribution in [-0.4, -0.2) is 41.1 Å². The highest BCUT2D eigenvalue weighted by Crippen LogP contribution is 2.17. The van der Waals surface area contributed by atoms with Gasteiger partial charge in [0.25, 0.3) is 0 Å². The zero-order valence-electron chi connectivity index (χ0n) is 11.4. The van der Waals surface area contributed by atoms with E-state index in [1.54, 1.807) is 11.3 Å². The first-order valence-corrected chi connectivity index (χ1v) is 7.91. The number of carbonyl (C=O) groups excluding carboxylic acids is 1. The van der Waals surface area contributed by atoms with Crippen molar-refractivity contribution in [3.8, 4) is 0 Å². The number of hydrogen-bond acceptors (Lipinski definition) is 3. The Morgan fingerprint density at radius 3 is 2.95 bits per heavy atom. The summed E-state index contributed by atoms with van der Waals surface area (Å²) in [5, 5.41) is 16.1. The minimum absolute atomic E-state index is 0.255. The van der Waals surface area contributed by atoms with Crippen LogP contribution in [0.4, 0.5) is 4.79 Å². The van der Waals surface area contributed by atoms with E-state index in [1.807, 2.05) is 11.4 Å². The fourth-order valence-corrected chi connectivity index (χ4v) is 3.16. The van der Waals surface area contributed by atoms with E-state index in [2.05, 4.69) is 10.7 Å². The van der Waals surface area contributed by atoms with E-state index >= 15 is 0 Å². The normalized spacial score (nSPS) is 19.4. The van der Waals surface area contributed by atoms with Crippen LogP contribution in [0.15, 0.2) is 16.8 Å². The molecule has 2 amide bonds. The van der Waals surface area contributed by atoms with Crippen molar-refractivity contribution in [1.82, 2.24) is 10.2 Å². The van der Waals surface area contributed by atoms with Gasteiger partial charge in [0.05, 0.1) is 0 Å². The average molecular weight is 296 g/mol.